The molecule has 0 amide bonds. The van der Waals surface area contributed by atoms with E-state index in [1.165, 1.54) is 38.8 Å². The lowest BCUT2D eigenvalue weighted by molar-refractivity contribution is -0.00414. The number of ether oxygens (including phenoxy) is 1. The van der Waals surface area contributed by atoms with Gasteiger partial charge in [-0.1, -0.05) is 6.92 Å². The molecule has 0 aromatic carbocycles. The average molecular weight is 243 g/mol. The van der Waals surface area contributed by atoms with Crippen LogP contribution in [0.2, 0.25) is 0 Å². The number of hydrogen-bond donors (Lipinski definition) is 1. The molecule has 2 fully saturated rings. The van der Waals surface area contributed by atoms with Gasteiger partial charge in [0.25, 0.3) is 0 Å². The lowest BCUT2D eigenvalue weighted by atomic mass is 10.0. The largest absolute Gasteiger partial charge is 0.377 e. The molecule has 3 heteroatoms. The zero-order valence-corrected chi connectivity index (χ0v) is 11.3. The molecule has 1 aliphatic carbocycles. The van der Waals surface area contributed by atoms with Crippen molar-refractivity contribution in [3.05, 3.63) is 0 Å². The topological polar surface area (TPSA) is 12.5 Å². The van der Waals surface area contributed by atoms with Crippen molar-refractivity contribution in [2.75, 3.05) is 32.0 Å². The molecule has 2 rings (SSSR count). The van der Waals surface area contributed by atoms with E-state index in [2.05, 4.69) is 24.5 Å². The fourth-order valence-electron chi connectivity index (χ4n) is 2.59. The van der Waals surface area contributed by atoms with E-state index < -0.39 is 0 Å². The fraction of sp³-hybridized carbons (Fsp3) is 1.00. The highest BCUT2D eigenvalue weighted by Gasteiger charge is 2.43. The zero-order valence-electron chi connectivity index (χ0n) is 10.5. The number of nitrogens with zero attached hydrogens (tertiary/aromatic N) is 1. The molecule has 1 heterocycles. The predicted octanol–water partition coefficient (Wildman–Crippen LogP) is 2.59. The first kappa shape index (κ1) is 12.7. The zero-order chi connectivity index (χ0) is 11.4. The summed E-state index contributed by atoms with van der Waals surface area (Å²) in [6.07, 6.45) is 6.95. The van der Waals surface area contributed by atoms with Crippen LogP contribution in [0.3, 0.4) is 0 Å². The van der Waals surface area contributed by atoms with Crippen LogP contribution in [0.1, 0.15) is 39.0 Å². The van der Waals surface area contributed by atoms with E-state index in [9.17, 15) is 0 Å². The minimum absolute atomic E-state index is 0.490. The molecule has 0 N–H and O–H groups in total. The van der Waals surface area contributed by atoms with Gasteiger partial charge in [-0.15, -0.1) is 0 Å². The second-order valence-corrected chi connectivity index (χ2v) is 5.84. The maximum Gasteiger partial charge on any atom is 0.0702 e. The molecule has 1 saturated heterocycles. The molecule has 1 atom stereocenters. The number of likely N-dealkylation sites (tertiary alicyclic amines) is 1. The summed E-state index contributed by atoms with van der Waals surface area (Å²) in [7, 11) is 0. The number of rotatable bonds is 6. The Balaban J connectivity index is 1.73. The van der Waals surface area contributed by atoms with E-state index >= 15 is 0 Å². The van der Waals surface area contributed by atoms with E-state index in [1.807, 2.05) is 0 Å². The molecule has 0 bridgehead atoms. The molecule has 1 unspecified atom stereocenters. The highest BCUT2D eigenvalue weighted by Crippen LogP contribution is 2.47. The summed E-state index contributed by atoms with van der Waals surface area (Å²) in [6.45, 7) is 6.77. The van der Waals surface area contributed by atoms with E-state index in [4.69, 9.17) is 4.74 Å². The molecule has 0 aromatic rings. The van der Waals surface area contributed by atoms with E-state index in [0.29, 0.717) is 11.5 Å². The minimum atomic E-state index is 0.490. The molecule has 1 saturated carbocycles. The number of piperidine rings is 1. The van der Waals surface area contributed by atoms with Gasteiger partial charge >= 0.3 is 0 Å². The van der Waals surface area contributed by atoms with Gasteiger partial charge < -0.3 is 9.64 Å². The van der Waals surface area contributed by atoms with Crippen molar-refractivity contribution in [3.63, 3.8) is 0 Å². The van der Waals surface area contributed by atoms with Crippen molar-refractivity contribution in [2.24, 2.45) is 5.41 Å². The first-order valence-electron chi connectivity index (χ1n) is 6.73. The summed E-state index contributed by atoms with van der Waals surface area (Å²) >= 11 is 4.48. The van der Waals surface area contributed by atoms with Gasteiger partial charge in [0.1, 0.15) is 0 Å². The van der Waals surface area contributed by atoms with Crippen LogP contribution in [0.4, 0.5) is 0 Å². The van der Waals surface area contributed by atoms with Crippen molar-refractivity contribution in [1.82, 2.24) is 4.90 Å². The Morgan fingerprint density at radius 2 is 2.25 bits per heavy atom. The molecular formula is C13H25NOS. The van der Waals surface area contributed by atoms with Crippen molar-refractivity contribution in [3.8, 4) is 0 Å². The molecule has 0 spiro atoms. The van der Waals surface area contributed by atoms with Crippen molar-refractivity contribution >= 4 is 12.6 Å². The smallest absolute Gasteiger partial charge is 0.0702 e. The Labute approximate surface area is 105 Å². The Bertz CT molecular complexity index is 218. The molecule has 0 aromatic heterocycles. The monoisotopic (exact) mass is 243 g/mol. The van der Waals surface area contributed by atoms with E-state index in [-0.39, 0.29) is 0 Å². The van der Waals surface area contributed by atoms with Gasteiger partial charge in [0.15, 0.2) is 0 Å². The van der Waals surface area contributed by atoms with Crippen LogP contribution in [0, 0.1) is 5.41 Å². The quantitative estimate of drug-likeness (QED) is 0.720. The maximum absolute atomic E-state index is 5.87. The lowest BCUT2D eigenvalue weighted by Crippen LogP contribution is -2.42. The van der Waals surface area contributed by atoms with Crippen molar-refractivity contribution < 1.29 is 4.74 Å². The van der Waals surface area contributed by atoms with E-state index in [1.54, 1.807) is 0 Å². The van der Waals surface area contributed by atoms with E-state index in [0.717, 1.165) is 25.3 Å². The summed E-state index contributed by atoms with van der Waals surface area (Å²) in [6, 6.07) is 0. The van der Waals surface area contributed by atoms with Crippen LogP contribution in [0.15, 0.2) is 0 Å². The van der Waals surface area contributed by atoms with Crippen molar-refractivity contribution in [1.29, 1.82) is 0 Å². The standard InChI is InChI=1S/C13H25NOS/c1-2-8-15-12-4-3-7-14(9-12)10-13(11-16)5-6-13/h12,16H,2-11H2,1H3. The lowest BCUT2D eigenvalue weighted by Gasteiger charge is -2.34. The number of hydrogen-bond acceptors (Lipinski definition) is 3. The molecule has 94 valence electrons. The van der Waals surface area contributed by atoms with Crippen LogP contribution >= 0.6 is 12.6 Å². The van der Waals surface area contributed by atoms with Gasteiger partial charge in [0.2, 0.25) is 0 Å². The first-order chi connectivity index (χ1) is 7.78. The highest BCUT2D eigenvalue weighted by atomic mass is 32.1. The van der Waals surface area contributed by atoms with Crippen LogP contribution in [0.5, 0.6) is 0 Å². The summed E-state index contributed by atoms with van der Waals surface area (Å²) in [5.74, 6) is 1.06. The SMILES string of the molecule is CCCOC1CCCN(CC2(CS)CC2)C1. The molecule has 2 nitrogen and oxygen atoms in total. The Kier molecular flexibility index (Phi) is 4.57. The second kappa shape index (κ2) is 5.74. The number of thiol groups is 1. The van der Waals surface area contributed by atoms with Gasteiger partial charge in [-0.3, -0.25) is 0 Å². The molecule has 16 heavy (non-hydrogen) atoms. The second-order valence-electron chi connectivity index (χ2n) is 5.53. The summed E-state index contributed by atoms with van der Waals surface area (Å²) < 4.78 is 5.87. The van der Waals surface area contributed by atoms with Gasteiger partial charge in [0.05, 0.1) is 6.10 Å². The molecule has 0 radical (unpaired) electrons. The Hall–Kier alpha value is 0.270. The third-order valence-corrected chi connectivity index (χ3v) is 4.54. The van der Waals surface area contributed by atoms with Gasteiger partial charge in [0, 0.05) is 19.7 Å². The summed E-state index contributed by atoms with van der Waals surface area (Å²) in [4.78, 5) is 2.60. The molecule has 2 aliphatic rings. The third kappa shape index (κ3) is 3.38. The Morgan fingerprint density at radius 3 is 2.88 bits per heavy atom. The Morgan fingerprint density at radius 1 is 1.44 bits per heavy atom. The van der Waals surface area contributed by atoms with Crippen LogP contribution in [-0.2, 0) is 4.74 Å². The van der Waals surface area contributed by atoms with Gasteiger partial charge in [-0.2, -0.15) is 12.6 Å². The van der Waals surface area contributed by atoms with Crippen LogP contribution in [0.25, 0.3) is 0 Å². The highest BCUT2D eigenvalue weighted by molar-refractivity contribution is 7.80. The van der Waals surface area contributed by atoms with Gasteiger partial charge in [-0.05, 0) is 49.8 Å². The summed E-state index contributed by atoms with van der Waals surface area (Å²) in [5, 5.41) is 0. The third-order valence-electron chi connectivity index (χ3n) is 3.87. The molecular weight excluding hydrogens is 218 g/mol. The maximum atomic E-state index is 5.87. The van der Waals surface area contributed by atoms with Crippen molar-refractivity contribution in [2.45, 2.75) is 45.1 Å². The van der Waals surface area contributed by atoms with Gasteiger partial charge in [-0.25, -0.2) is 0 Å². The molecule has 1 aliphatic heterocycles. The predicted molar refractivity (Wildman–Crippen MR) is 71.2 cm³/mol. The summed E-state index contributed by atoms with van der Waals surface area (Å²) in [5.41, 5.74) is 0.565. The first-order valence-corrected chi connectivity index (χ1v) is 7.36. The normalized spacial score (nSPS) is 29.2. The minimum Gasteiger partial charge on any atom is -0.377 e. The van der Waals surface area contributed by atoms with Crippen LogP contribution in [-0.4, -0.2) is 43.0 Å². The average Bonchev–Trinajstić information content (AvgIpc) is 3.07. The van der Waals surface area contributed by atoms with Crippen LogP contribution < -0.4 is 0 Å². The fourth-order valence-corrected chi connectivity index (χ4v) is 3.01.